The number of ether oxygens (including phenoxy) is 2. The highest BCUT2D eigenvalue weighted by Gasteiger charge is 2.27. The molecular formula is C89H161NO8P+. The average Bonchev–Trinajstić information content (AvgIpc) is 0.999. The summed E-state index contributed by atoms with van der Waals surface area (Å²) < 4.78 is 34.8. The van der Waals surface area contributed by atoms with E-state index in [4.69, 9.17) is 18.5 Å². The molecule has 1 N–H and O–H groups in total. The molecule has 0 heterocycles. The molecule has 0 spiro atoms. The van der Waals surface area contributed by atoms with E-state index in [9.17, 15) is 19.0 Å². The number of unbranched alkanes of at least 4 members (excludes halogenated alkanes) is 46. The Balaban J connectivity index is 3.96. The van der Waals surface area contributed by atoms with E-state index in [1.807, 2.05) is 21.1 Å². The van der Waals surface area contributed by atoms with Gasteiger partial charge in [-0.2, -0.15) is 0 Å². The first-order valence-corrected chi connectivity index (χ1v) is 43.6. The smallest absolute Gasteiger partial charge is 0.462 e. The average molecular weight is 1400 g/mol. The molecule has 0 aromatic heterocycles. The molecule has 0 amide bonds. The van der Waals surface area contributed by atoms with Crippen LogP contribution in [0.15, 0.2) is 109 Å². The van der Waals surface area contributed by atoms with E-state index in [2.05, 4.69) is 123 Å². The summed E-state index contributed by atoms with van der Waals surface area (Å²) in [6.45, 7) is 4.36. The first-order chi connectivity index (χ1) is 48.5. The van der Waals surface area contributed by atoms with Crippen molar-refractivity contribution in [1.82, 2.24) is 0 Å². The monoisotopic (exact) mass is 1400 g/mol. The highest BCUT2D eigenvalue weighted by atomic mass is 31.2. The lowest BCUT2D eigenvalue weighted by molar-refractivity contribution is -0.870. The SMILES string of the molecule is CC/C=C\C/C=C\C/C=C\C/C=C\C/C=C\C/C=C\C/C=C\C/C=C\C/C=C\CCCCCCCCCCCC(=O)OC(COC(=O)CCCCCCCCCCCCCCCCCCCCCCCCCCCCCCCCCCCCCCCC)COP(=O)(O)OCC[N+](C)(C)C. The maximum absolute atomic E-state index is 12.9. The van der Waals surface area contributed by atoms with Crippen LogP contribution in [0.5, 0.6) is 0 Å². The van der Waals surface area contributed by atoms with Gasteiger partial charge in [0.15, 0.2) is 6.10 Å². The number of quaternary nitrogens is 1. The largest absolute Gasteiger partial charge is 0.472 e. The molecule has 0 aliphatic rings. The quantitative estimate of drug-likeness (QED) is 0.0211. The number of hydrogen-bond acceptors (Lipinski definition) is 7. The lowest BCUT2D eigenvalue weighted by atomic mass is 10.0. The second-order valence-corrected chi connectivity index (χ2v) is 30.9. The normalized spacial score (nSPS) is 13.6. The van der Waals surface area contributed by atoms with Gasteiger partial charge in [0.05, 0.1) is 27.7 Å². The molecule has 0 saturated carbocycles. The van der Waals surface area contributed by atoms with Gasteiger partial charge in [-0.1, -0.05) is 406 Å². The molecule has 0 saturated heterocycles. The number of nitrogens with zero attached hydrogens (tertiary/aromatic N) is 1. The van der Waals surface area contributed by atoms with Crippen LogP contribution in [-0.2, 0) is 32.7 Å². The Hall–Kier alpha value is -3.33. The number of carbonyl (C=O) groups excluding carboxylic acids is 2. The second kappa shape index (κ2) is 78.8. The second-order valence-electron chi connectivity index (χ2n) is 29.5. The molecule has 0 aliphatic heterocycles. The Labute approximate surface area is 614 Å². The molecule has 2 unspecified atom stereocenters. The van der Waals surface area contributed by atoms with Gasteiger partial charge in [0.2, 0.25) is 0 Å². The summed E-state index contributed by atoms with van der Waals surface area (Å²) in [5, 5.41) is 0. The minimum atomic E-state index is -4.40. The van der Waals surface area contributed by atoms with E-state index >= 15 is 0 Å². The molecule has 0 rings (SSSR count). The summed E-state index contributed by atoms with van der Waals surface area (Å²) >= 11 is 0. The van der Waals surface area contributed by atoms with E-state index in [1.54, 1.807) is 0 Å². The van der Waals surface area contributed by atoms with Gasteiger partial charge >= 0.3 is 19.8 Å². The summed E-state index contributed by atoms with van der Waals surface area (Å²) in [7, 11) is 1.48. The topological polar surface area (TPSA) is 108 Å². The summed E-state index contributed by atoms with van der Waals surface area (Å²) in [6.07, 6.45) is 113. The molecule has 0 bridgehead atoms. The van der Waals surface area contributed by atoms with E-state index < -0.39 is 26.5 Å². The predicted octanol–water partition coefficient (Wildman–Crippen LogP) is 28.3. The van der Waals surface area contributed by atoms with Crippen molar-refractivity contribution in [3.63, 3.8) is 0 Å². The number of allylic oxidation sites excluding steroid dienone is 18. The predicted molar refractivity (Wildman–Crippen MR) is 431 cm³/mol. The van der Waals surface area contributed by atoms with E-state index in [-0.39, 0.29) is 32.0 Å². The van der Waals surface area contributed by atoms with Gasteiger partial charge in [0.1, 0.15) is 19.8 Å². The maximum Gasteiger partial charge on any atom is 0.472 e. The maximum atomic E-state index is 12.9. The van der Waals surface area contributed by atoms with Crippen LogP contribution in [0.3, 0.4) is 0 Å². The van der Waals surface area contributed by atoms with Crippen LogP contribution in [-0.4, -0.2) is 74.9 Å². The summed E-state index contributed by atoms with van der Waals surface area (Å²) in [6, 6.07) is 0. The number of hydrogen-bond donors (Lipinski definition) is 1. The fourth-order valence-corrected chi connectivity index (χ4v) is 12.9. The number of likely N-dealkylation sites (N-methyl/N-ethyl adjacent to an activating group) is 1. The number of rotatable bonds is 78. The van der Waals surface area contributed by atoms with Gasteiger partial charge in [0.25, 0.3) is 0 Å². The molecular weight excluding hydrogens is 1240 g/mol. The molecule has 9 nitrogen and oxygen atoms in total. The number of phosphoric acid groups is 1. The van der Waals surface area contributed by atoms with Crippen molar-refractivity contribution in [3.8, 4) is 0 Å². The Kier molecular flexibility index (Phi) is 76.1. The van der Waals surface area contributed by atoms with Gasteiger partial charge < -0.3 is 18.9 Å². The fourth-order valence-electron chi connectivity index (χ4n) is 12.2. The molecule has 0 fully saturated rings. The zero-order valence-corrected chi connectivity index (χ0v) is 66.6. The summed E-state index contributed by atoms with van der Waals surface area (Å²) in [5.74, 6) is -0.793. The standard InChI is InChI=1S/C89H160NO8P/c1-6-8-10-12-14-16-18-20-22-24-26-28-30-32-34-36-38-40-42-44-46-47-49-51-53-55-57-59-61-63-65-67-69-71-73-75-77-79-81-88(91)95-85-87(86-97-99(93,94)96-84-83-90(3,4)5)98-89(92)82-80-78-76-74-72-70-68-66-64-62-60-58-56-54-52-50-48-45-43-41-39-37-35-33-31-29-27-25-23-21-19-17-15-13-11-9-7-2/h9,11,15,17,21,23,27,29,33,35,39,41,45,48,52,54,58,60,87H,6-8,10,12-14,16,18-20,22,24-26,28,30-32,34,36-38,40,42-44,46-47,49-51,53,55-57,59,61-86H2,1-5H3/p+1/b11-9-,17-15-,23-21-,29-27-,35-33-,41-39-,48-45-,54-52-,60-58-. The first kappa shape index (κ1) is 95.7. The van der Waals surface area contributed by atoms with Crippen LogP contribution in [0.1, 0.15) is 393 Å². The van der Waals surface area contributed by atoms with Crippen molar-refractivity contribution in [1.29, 1.82) is 0 Å². The number of esters is 2. The van der Waals surface area contributed by atoms with Crippen LogP contribution >= 0.6 is 7.82 Å². The molecule has 0 radical (unpaired) electrons. The van der Waals surface area contributed by atoms with Crippen LogP contribution in [0.25, 0.3) is 0 Å². The van der Waals surface area contributed by atoms with Crippen molar-refractivity contribution >= 4 is 19.8 Å². The Bertz CT molecular complexity index is 2040. The van der Waals surface area contributed by atoms with Gasteiger partial charge in [-0.15, -0.1) is 0 Å². The zero-order chi connectivity index (χ0) is 71.8. The van der Waals surface area contributed by atoms with Gasteiger partial charge in [-0.25, -0.2) is 4.57 Å². The highest BCUT2D eigenvalue weighted by Crippen LogP contribution is 2.43. The first-order valence-electron chi connectivity index (χ1n) is 42.1. The van der Waals surface area contributed by atoms with Crippen LogP contribution in [0.4, 0.5) is 0 Å². The van der Waals surface area contributed by atoms with Crippen LogP contribution in [0, 0.1) is 0 Å². The third-order valence-electron chi connectivity index (χ3n) is 18.6. The van der Waals surface area contributed by atoms with Crippen molar-refractivity contribution < 1.29 is 42.1 Å². The molecule has 0 aromatic rings. The Morgan fingerprint density at radius 2 is 0.576 bits per heavy atom. The molecule has 2 atom stereocenters. The van der Waals surface area contributed by atoms with Gasteiger partial charge in [-0.05, 0) is 83.5 Å². The van der Waals surface area contributed by atoms with E-state index in [1.165, 1.54) is 257 Å². The minimum Gasteiger partial charge on any atom is -0.462 e. The van der Waals surface area contributed by atoms with E-state index in [0.29, 0.717) is 17.4 Å². The Morgan fingerprint density at radius 3 is 0.859 bits per heavy atom. The van der Waals surface area contributed by atoms with Gasteiger partial charge in [0, 0.05) is 12.8 Å². The lowest BCUT2D eigenvalue weighted by Gasteiger charge is -2.24. The lowest BCUT2D eigenvalue weighted by Crippen LogP contribution is -2.37. The van der Waals surface area contributed by atoms with Crippen molar-refractivity contribution in [2.24, 2.45) is 0 Å². The third-order valence-corrected chi connectivity index (χ3v) is 19.6. The molecule has 10 heteroatoms. The fraction of sp³-hybridized carbons (Fsp3) is 0.775. The molecule has 574 valence electrons. The zero-order valence-electron chi connectivity index (χ0n) is 65.7. The minimum absolute atomic E-state index is 0.0277. The summed E-state index contributed by atoms with van der Waals surface area (Å²) in [5.41, 5.74) is 0. The third kappa shape index (κ3) is 83.5. The van der Waals surface area contributed by atoms with E-state index in [0.717, 1.165) is 103 Å². The van der Waals surface area contributed by atoms with Crippen molar-refractivity contribution in [2.45, 2.75) is 399 Å². The highest BCUT2D eigenvalue weighted by molar-refractivity contribution is 7.47. The Morgan fingerprint density at radius 1 is 0.323 bits per heavy atom. The molecule has 99 heavy (non-hydrogen) atoms. The number of phosphoric ester groups is 1. The van der Waals surface area contributed by atoms with Crippen LogP contribution < -0.4 is 0 Å². The molecule has 0 aromatic carbocycles. The summed E-state index contributed by atoms with van der Waals surface area (Å²) in [4.78, 5) is 36.0. The molecule has 0 aliphatic carbocycles. The van der Waals surface area contributed by atoms with Crippen molar-refractivity contribution in [2.75, 3.05) is 47.5 Å². The van der Waals surface area contributed by atoms with Gasteiger partial charge in [-0.3, -0.25) is 18.6 Å². The number of carbonyl (C=O) groups is 2. The van der Waals surface area contributed by atoms with Crippen LogP contribution in [0.2, 0.25) is 0 Å². The van der Waals surface area contributed by atoms with Crippen molar-refractivity contribution in [3.05, 3.63) is 109 Å².